The van der Waals surface area contributed by atoms with Gasteiger partial charge in [0.15, 0.2) is 0 Å². The molecule has 3 N–H and O–H groups in total. The Balaban J connectivity index is 4.57. The third-order valence-electron chi connectivity index (χ3n) is 3.01. The standard InChI is InChI=1S/C15H31N2O7P/c1-11(17-22-7)8-9-16-13(19)12(18)15(5,6)10-23-25(20,21)24-14(2,3)4/h12,18H,8-10H2,1-7H3,(H,16,19)(H,20,21)/b17-11+. The van der Waals surface area contributed by atoms with E-state index in [1.165, 1.54) is 7.11 Å². The first-order valence-electron chi connectivity index (χ1n) is 7.91. The van der Waals surface area contributed by atoms with E-state index in [4.69, 9.17) is 9.05 Å². The second-order valence-electron chi connectivity index (χ2n) is 7.39. The van der Waals surface area contributed by atoms with Gasteiger partial charge in [0.2, 0.25) is 5.91 Å². The van der Waals surface area contributed by atoms with Gasteiger partial charge in [0.1, 0.15) is 13.2 Å². The molecule has 10 heteroatoms. The van der Waals surface area contributed by atoms with Crippen LogP contribution in [0.4, 0.5) is 0 Å². The summed E-state index contributed by atoms with van der Waals surface area (Å²) in [5.74, 6) is -0.608. The van der Waals surface area contributed by atoms with Crippen LogP contribution < -0.4 is 5.32 Å². The molecule has 0 saturated carbocycles. The van der Waals surface area contributed by atoms with Crippen molar-refractivity contribution in [1.29, 1.82) is 0 Å². The molecule has 25 heavy (non-hydrogen) atoms. The Morgan fingerprint density at radius 3 is 2.32 bits per heavy atom. The third-order valence-corrected chi connectivity index (χ3v) is 4.24. The summed E-state index contributed by atoms with van der Waals surface area (Å²) >= 11 is 0. The molecule has 0 aliphatic heterocycles. The van der Waals surface area contributed by atoms with Gasteiger partial charge in [-0.15, -0.1) is 0 Å². The Kier molecular flexibility index (Phi) is 9.26. The van der Waals surface area contributed by atoms with Crippen LogP contribution in [0.1, 0.15) is 48.0 Å². The average molecular weight is 382 g/mol. The molecule has 0 bridgehead atoms. The van der Waals surface area contributed by atoms with Crippen LogP contribution in [0.15, 0.2) is 5.16 Å². The van der Waals surface area contributed by atoms with E-state index in [-0.39, 0.29) is 13.2 Å². The lowest BCUT2D eigenvalue weighted by atomic mass is 9.87. The molecule has 2 atom stereocenters. The van der Waals surface area contributed by atoms with Crippen LogP contribution >= 0.6 is 7.82 Å². The molecule has 0 aromatic rings. The van der Waals surface area contributed by atoms with E-state index >= 15 is 0 Å². The lowest BCUT2D eigenvalue weighted by Crippen LogP contribution is -2.46. The Labute approximate surface area is 149 Å². The maximum Gasteiger partial charge on any atom is 0.472 e. The highest BCUT2D eigenvalue weighted by molar-refractivity contribution is 7.47. The molecule has 0 saturated heterocycles. The van der Waals surface area contributed by atoms with Crippen molar-refractivity contribution in [3.8, 4) is 0 Å². The number of oxime groups is 1. The van der Waals surface area contributed by atoms with E-state index in [0.29, 0.717) is 12.1 Å². The molecular formula is C15H31N2O7P. The van der Waals surface area contributed by atoms with Crippen LogP contribution in [0.5, 0.6) is 0 Å². The number of aliphatic hydroxyl groups excluding tert-OH is 1. The van der Waals surface area contributed by atoms with Crippen LogP contribution in [0, 0.1) is 5.41 Å². The van der Waals surface area contributed by atoms with Crippen molar-refractivity contribution in [1.82, 2.24) is 5.32 Å². The summed E-state index contributed by atoms with van der Waals surface area (Å²) in [6.45, 7) is 9.62. The van der Waals surface area contributed by atoms with Crippen molar-refractivity contribution in [3.63, 3.8) is 0 Å². The Morgan fingerprint density at radius 1 is 1.28 bits per heavy atom. The summed E-state index contributed by atoms with van der Waals surface area (Å²) in [7, 11) is -2.87. The fourth-order valence-corrected chi connectivity index (χ4v) is 2.96. The summed E-state index contributed by atoms with van der Waals surface area (Å²) in [5, 5.41) is 16.5. The van der Waals surface area contributed by atoms with Crippen LogP contribution in [-0.2, 0) is 23.2 Å². The Hall–Kier alpha value is -0.990. The van der Waals surface area contributed by atoms with Gasteiger partial charge < -0.3 is 20.2 Å². The van der Waals surface area contributed by atoms with E-state index < -0.39 is 30.8 Å². The number of phosphoric acid groups is 1. The van der Waals surface area contributed by atoms with Crippen LogP contribution in [0.25, 0.3) is 0 Å². The molecule has 1 amide bonds. The van der Waals surface area contributed by atoms with Crippen molar-refractivity contribution in [3.05, 3.63) is 0 Å². The highest BCUT2D eigenvalue weighted by atomic mass is 31.2. The summed E-state index contributed by atoms with van der Waals surface area (Å²) in [5.41, 5.74) is -1.27. The number of hydrogen-bond donors (Lipinski definition) is 3. The Bertz CT molecular complexity index is 514. The van der Waals surface area contributed by atoms with Gasteiger partial charge in [0.25, 0.3) is 0 Å². The molecule has 9 nitrogen and oxygen atoms in total. The van der Waals surface area contributed by atoms with Gasteiger partial charge in [0.05, 0.1) is 17.9 Å². The molecule has 0 aliphatic rings. The first-order valence-corrected chi connectivity index (χ1v) is 9.40. The van der Waals surface area contributed by atoms with Crippen molar-refractivity contribution < 1.29 is 33.2 Å². The smallest absolute Gasteiger partial charge is 0.399 e. The molecule has 0 aromatic carbocycles. The maximum absolute atomic E-state index is 12.0. The second-order valence-corrected chi connectivity index (χ2v) is 8.76. The highest BCUT2D eigenvalue weighted by Crippen LogP contribution is 2.48. The maximum atomic E-state index is 12.0. The fourth-order valence-electron chi connectivity index (χ4n) is 1.72. The van der Waals surface area contributed by atoms with Crippen LogP contribution in [0.2, 0.25) is 0 Å². The summed E-state index contributed by atoms with van der Waals surface area (Å²) in [6, 6.07) is 0. The topological polar surface area (TPSA) is 127 Å². The number of rotatable bonds is 10. The molecule has 0 heterocycles. The molecule has 0 rings (SSSR count). The molecule has 0 fully saturated rings. The first-order chi connectivity index (χ1) is 11.2. The van der Waals surface area contributed by atoms with Crippen molar-refractivity contribution in [2.75, 3.05) is 20.3 Å². The molecule has 2 unspecified atom stereocenters. The molecule has 148 valence electrons. The number of aliphatic hydroxyl groups is 1. The van der Waals surface area contributed by atoms with Crippen molar-refractivity contribution in [2.45, 2.75) is 59.7 Å². The van der Waals surface area contributed by atoms with Crippen molar-refractivity contribution in [2.24, 2.45) is 10.6 Å². The number of nitrogens with one attached hydrogen (secondary N) is 1. The summed E-state index contributed by atoms with van der Waals surface area (Å²) in [6.07, 6.45) is -0.962. The van der Waals surface area contributed by atoms with E-state index in [9.17, 15) is 19.4 Å². The minimum atomic E-state index is -4.29. The number of amides is 1. The van der Waals surface area contributed by atoms with E-state index in [1.54, 1.807) is 41.5 Å². The summed E-state index contributed by atoms with van der Waals surface area (Å²) < 4.78 is 21.8. The monoisotopic (exact) mass is 382 g/mol. The third kappa shape index (κ3) is 10.6. The van der Waals surface area contributed by atoms with Crippen LogP contribution in [-0.4, -0.2) is 53.6 Å². The van der Waals surface area contributed by atoms with Gasteiger partial charge in [-0.25, -0.2) is 4.57 Å². The normalized spacial score (nSPS) is 16.9. The predicted molar refractivity (Wildman–Crippen MR) is 94.1 cm³/mol. The summed E-state index contributed by atoms with van der Waals surface area (Å²) in [4.78, 5) is 26.3. The number of carbonyl (C=O) groups excluding carboxylic acids is 1. The van der Waals surface area contributed by atoms with Crippen molar-refractivity contribution >= 4 is 19.4 Å². The largest absolute Gasteiger partial charge is 0.472 e. The van der Waals surface area contributed by atoms with E-state index in [1.807, 2.05) is 0 Å². The molecule has 0 radical (unpaired) electrons. The number of nitrogens with zero attached hydrogens (tertiary/aromatic N) is 1. The van der Waals surface area contributed by atoms with Gasteiger partial charge in [-0.1, -0.05) is 19.0 Å². The number of hydrogen-bond acceptors (Lipinski definition) is 7. The van der Waals surface area contributed by atoms with Gasteiger partial charge in [0, 0.05) is 18.4 Å². The molecule has 0 aromatic heterocycles. The minimum Gasteiger partial charge on any atom is -0.399 e. The van der Waals surface area contributed by atoms with Gasteiger partial charge in [-0.2, -0.15) is 0 Å². The quantitative estimate of drug-likeness (QED) is 0.299. The zero-order valence-electron chi connectivity index (χ0n) is 16.0. The fraction of sp³-hybridized carbons (Fsp3) is 0.867. The SMILES string of the molecule is CO/N=C(\C)CCNC(=O)C(O)C(C)(C)COP(=O)(O)OC(C)(C)C. The number of phosphoric ester groups is 1. The van der Waals surface area contributed by atoms with Gasteiger partial charge in [-0.05, 0) is 27.7 Å². The zero-order chi connectivity index (χ0) is 19.9. The lowest BCUT2D eigenvalue weighted by molar-refractivity contribution is -0.137. The highest BCUT2D eigenvalue weighted by Gasteiger charge is 2.37. The number of carbonyl (C=O) groups is 1. The minimum absolute atomic E-state index is 0.275. The second kappa shape index (κ2) is 9.64. The molecular weight excluding hydrogens is 351 g/mol. The lowest BCUT2D eigenvalue weighted by Gasteiger charge is -2.31. The van der Waals surface area contributed by atoms with Gasteiger partial charge in [-0.3, -0.25) is 13.8 Å². The molecule has 0 aliphatic carbocycles. The Morgan fingerprint density at radius 2 is 1.84 bits per heavy atom. The molecule has 0 spiro atoms. The zero-order valence-corrected chi connectivity index (χ0v) is 16.9. The average Bonchev–Trinajstić information content (AvgIpc) is 2.42. The first kappa shape index (κ1) is 24.0. The van der Waals surface area contributed by atoms with Crippen LogP contribution in [0.3, 0.4) is 0 Å². The van der Waals surface area contributed by atoms with Gasteiger partial charge >= 0.3 is 7.82 Å². The predicted octanol–water partition coefficient (Wildman–Crippen LogP) is 1.83. The van der Waals surface area contributed by atoms with E-state index in [2.05, 4.69) is 15.3 Å². The van der Waals surface area contributed by atoms with E-state index in [0.717, 1.165) is 0 Å².